The first-order valence-electron chi connectivity index (χ1n) is 8.60. The number of hydrogen-bond donors (Lipinski definition) is 1. The Kier molecular flexibility index (Phi) is 6.06. The monoisotopic (exact) mass is 389 g/mol. The lowest BCUT2D eigenvalue weighted by Gasteiger charge is -2.06. The van der Waals surface area contributed by atoms with Crippen LogP contribution in [0, 0.1) is 0 Å². The van der Waals surface area contributed by atoms with E-state index in [1.807, 2.05) is 30.3 Å². The summed E-state index contributed by atoms with van der Waals surface area (Å²) in [5.41, 5.74) is 1.44. The Balaban J connectivity index is 1.79. The van der Waals surface area contributed by atoms with Crippen molar-refractivity contribution in [3.05, 3.63) is 52.0 Å². The molecule has 0 saturated carbocycles. The van der Waals surface area contributed by atoms with Gasteiger partial charge in [-0.15, -0.1) is 11.3 Å². The third-order valence-corrected chi connectivity index (χ3v) is 5.46. The lowest BCUT2D eigenvalue weighted by atomic mass is 10.2. The number of hydrogen-bond acceptors (Lipinski definition) is 4. The van der Waals surface area contributed by atoms with Crippen LogP contribution in [0.3, 0.4) is 0 Å². The second-order valence-corrected chi connectivity index (χ2v) is 7.56. The van der Waals surface area contributed by atoms with Crippen LogP contribution in [0.1, 0.15) is 26.2 Å². The number of halogens is 1. The van der Waals surface area contributed by atoms with Gasteiger partial charge in [-0.25, -0.2) is 4.98 Å². The Bertz CT molecular complexity index is 963. The molecule has 26 heavy (non-hydrogen) atoms. The normalized spacial score (nSPS) is 11.0. The van der Waals surface area contributed by atoms with Gasteiger partial charge in [0.15, 0.2) is 0 Å². The molecule has 2 heterocycles. The van der Waals surface area contributed by atoms with E-state index in [1.54, 1.807) is 0 Å². The van der Waals surface area contributed by atoms with Crippen LogP contribution in [-0.2, 0) is 11.3 Å². The van der Waals surface area contributed by atoms with Crippen molar-refractivity contribution in [3.8, 4) is 10.4 Å². The summed E-state index contributed by atoms with van der Waals surface area (Å²) in [6, 6.07) is 9.34. The molecule has 1 N–H and O–H groups in total. The molecular weight excluding hydrogens is 370 g/mol. The first-order valence-corrected chi connectivity index (χ1v) is 9.79. The van der Waals surface area contributed by atoms with Crippen LogP contribution in [0.15, 0.2) is 41.5 Å². The van der Waals surface area contributed by atoms with Gasteiger partial charge in [-0.3, -0.25) is 14.2 Å². The Labute approximate surface area is 160 Å². The zero-order valence-electron chi connectivity index (χ0n) is 14.5. The highest BCUT2D eigenvalue weighted by atomic mass is 35.5. The molecule has 0 spiro atoms. The molecule has 136 valence electrons. The molecule has 1 aromatic carbocycles. The standard InChI is InChI=1S/C19H20ClN3O2S/c1-2-3-4-9-21-17(24)11-23-12-22-15-10-16(26-18(15)19(23)25)13-5-7-14(20)8-6-13/h5-8,10,12H,2-4,9,11H2,1H3,(H,21,24). The van der Waals surface area contributed by atoms with Gasteiger partial charge in [0.25, 0.3) is 5.56 Å². The first kappa shape index (κ1) is 18.6. The summed E-state index contributed by atoms with van der Waals surface area (Å²) in [5.74, 6) is -0.168. The van der Waals surface area contributed by atoms with Gasteiger partial charge in [-0.2, -0.15) is 0 Å². The van der Waals surface area contributed by atoms with Crippen LogP contribution < -0.4 is 10.9 Å². The molecule has 0 aliphatic heterocycles. The Hall–Kier alpha value is -2.18. The maximum atomic E-state index is 12.7. The Morgan fingerprint density at radius 3 is 2.77 bits per heavy atom. The number of thiophene rings is 1. The Morgan fingerprint density at radius 1 is 1.27 bits per heavy atom. The third-order valence-electron chi connectivity index (χ3n) is 4.05. The molecular formula is C19H20ClN3O2S. The maximum Gasteiger partial charge on any atom is 0.271 e. The minimum absolute atomic E-state index is 0.0118. The van der Waals surface area contributed by atoms with Crippen LogP contribution in [0.5, 0.6) is 0 Å². The fraction of sp³-hybridized carbons (Fsp3) is 0.316. The third kappa shape index (κ3) is 4.31. The number of unbranched alkanes of at least 4 members (excludes halogenated alkanes) is 2. The molecule has 3 aromatic rings. The van der Waals surface area contributed by atoms with Crippen LogP contribution >= 0.6 is 22.9 Å². The predicted molar refractivity (Wildman–Crippen MR) is 107 cm³/mol. The van der Waals surface area contributed by atoms with Crippen molar-refractivity contribution in [2.75, 3.05) is 6.54 Å². The number of carbonyl (C=O) groups is 1. The van der Waals surface area contributed by atoms with Gasteiger partial charge in [0.05, 0.1) is 11.8 Å². The van der Waals surface area contributed by atoms with Gasteiger partial charge in [-0.05, 0) is 30.2 Å². The lowest BCUT2D eigenvalue weighted by Crippen LogP contribution is -2.32. The van der Waals surface area contributed by atoms with E-state index in [0.717, 1.165) is 29.7 Å². The molecule has 3 rings (SSSR count). The van der Waals surface area contributed by atoms with Crippen molar-refractivity contribution in [2.45, 2.75) is 32.7 Å². The van der Waals surface area contributed by atoms with Gasteiger partial charge in [0.2, 0.25) is 5.91 Å². The number of nitrogens with zero attached hydrogens (tertiary/aromatic N) is 2. The first-order chi connectivity index (χ1) is 12.6. The molecule has 0 saturated heterocycles. The number of rotatable bonds is 7. The van der Waals surface area contributed by atoms with Crippen LogP contribution in [0.4, 0.5) is 0 Å². The van der Waals surface area contributed by atoms with Crippen molar-refractivity contribution >= 4 is 39.1 Å². The molecule has 0 fully saturated rings. The molecule has 2 aromatic heterocycles. The summed E-state index contributed by atoms with van der Waals surface area (Å²) >= 11 is 7.30. The van der Waals surface area contributed by atoms with E-state index in [9.17, 15) is 9.59 Å². The van der Waals surface area contributed by atoms with Gasteiger partial charge in [-0.1, -0.05) is 43.5 Å². The van der Waals surface area contributed by atoms with Gasteiger partial charge >= 0.3 is 0 Å². The smallest absolute Gasteiger partial charge is 0.271 e. The van der Waals surface area contributed by atoms with Gasteiger partial charge in [0.1, 0.15) is 11.2 Å². The summed E-state index contributed by atoms with van der Waals surface area (Å²) in [6.07, 6.45) is 4.57. The number of nitrogens with one attached hydrogen (secondary N) is 1. The largest absolute Gasteiger partial charge is 0.355 e. The average Bonchev–Trinajstić information content (AvgIpc) is 3.07. The number of aromatic nitrogens is 2. The lowest BCUT2D eigenvalue weighted by molar-refractivity contribution is -0.121. The highest BCUT2D eigenvalue weighted by Gasteiger charge is 2.12. The fourth-order valence-corrected chi connectivity index (χ4v) is 3.82. The zero-order valence-corrected chi connectivity index (χ0v) is 16.1. The summed E-state index contributed by atoms with van der Waals surface area (Å²) < 4.78 is 1.91. The molecule has 0 unspecified atom stereocenters. The number of fused-ring (bicyclic) bond motifs is 1. The number of amides is 1. The maximum absolute atomic E-state index is 12.7. The van der Waals surface area contributed by atoms with Crippen molar-refractivity contribution in [2.24, 2.45) is 0 Å². The second kappa shape index (κ2) is 8.47. The van der Waals surface area contributed by atoms with E-state index in [-0.39, 0.29) is 18.0 Å². The van der Waals surface area contributed by atoms with Gasteiger partial charge < -0.3 is 5.32 Å². The molecule has 0 aliphatic rings. The average molecular weight is 390 g/mol. The number of carbonyl (C=O) groups excluding carboxylic acids is 1. The molecule has 0 aliphatic carbocycles. The summed E-state index contributed by atoms with van der Waals surface area (Å²) in [4.78, 5) is 30.0. The van der Waals surface area contributed by atoms with Crippen LogP contribution in [0.25, 0.3) is 20.7 Å². The second-order valence-electron chi connectivity index (χ2n) is 6.07. The minimum Gasteiger partial charge on any atom is -0.355 e. The van der Waals surface area contributed by atoms with Crippen LogP contribution in [0.2, 0.25) is 5.02 Å². The van der Waals surface area contributed by atoms with E-state index in [0.29, 0.717) is 21.8 Å². The minimum atomic E-state index is -0.191. The highest BCUT2D eigenvalue weighted by molar-refractivity contribution is 7.22. The molecule has 0 radical (unpaired) electrons. The van der Waals surface area contributed by atoms with Crippen molar-refractivity contribution in [3.63, 3.8) is 0 Å². The van der Waals surface area contributed by atoms with Crippen molar-refractivity contribution < 1.29 is 4.79 Å². The molecule has 0 atom stereocenters. The van der Waals surface area contributed by atoms with E-state index >= 15 is 0 Å². The molecule has 0 bridgehead atoms. The summed E-state index contributed by atoms with van der Waals surface area (Å²) in [6.45, 7) is 2.74. The topological polar surface area (TPSA) is 64.0 Å². The Morgan fingerprint density at radius 2 is 2.04 bits per heavy atom. The molecule has 7 heteroatoms. The highest BCUT2D eigenvalue weighted by Crippen LogP contribution is 2.31. The fourth-order valence-electron chi connectivity index (χ4n) is 2.63. The van der Waals surface area contributed by atoms with E-state index < -0.39 is 0 Å². The van der Waals surface area contributed by atoms with Crippen LogP contribution in [-0.4, -0.2) is 22.0 Å². The molecule has 1 amide bonds. The quantitative estimate of drug-likeness (QED) is 0.619. The summed E-state index contributed by atoms with van der Waals surface area (Å²) in [7, 11) is 0. The van der Waals surface area contributed by atoms with E-state index in [2.05, 4.69) is 17.2 Å². The number of benzene rings is 1. The van der Waals surface area contributed by atoms with Crippen molar-refractivity contribution in [1.29, 1.82) is 0 Å². The predicted octanol–water partition coefficient (Wildman–Crippen LogP) is 4.08. The molecule has 5 nitrogen and oxygen atoms in total. The SMILES string of the molecule is CCCCCNC(=O)Cn1cnc2cc(-c3ccc(Cl)cc3)sc2c1=O. The summed E-state index contributed by atoms with van der Waals surface area (Å²) in [5, 5.41) is 3.51. The van der Waals surface area contributed by atoms with E-state index in [4.69, 9.17) is 11.6 Å². The van der Waals surface area contributed by atoms with Gasteiger partial charge in [0, 0.05) is 16.4 Å². The van der Waals surface area contributed by atoms with Crippen molar-refractivity contribution in [1.82, 2.24) is 14.9 Å². The zero-order chi connectivity index (χ0) is 18.5. The van der Waals surface area contributed by atoms with E-state index in [1.165, 1.54) is 22.2 Å².